The molecule has 6 nitrogen and oxygen atoms in total. The van der Waals surface area contributed by atoms with E-state index in [0.29, 0.717) is 32.5 Å². The molecule has 0 radical (unpaired) electrons. The molecule has 0 unspecified atom stereocenters. The van der Waals surface area contributed by atoms with Crippen LogP contribution < -0.4 is 0 Å². The Hall–Kier alpha value is -2.60. The lowest BCUT2D eigenvalue weighted by Gasteiger charge is -2.21. The summed E-state index contributed by atoms with van der Waals surface area (Å²) in [6.45, 7) is 1.36. The summed E-state index contributed by atoms with van der Waals surface area (Å²) in [6.07, 6.45) is 2.48. The van der Waals surface area contributed by atoms with Crippen LogP contribution in [0.1, 0.15) is 28.1 Å². The molecule has 1 heterocycles. The molecule has 0 aliphatic rings. The molecule has 2 rings (SSSR count). The van der Waals surface area contributed by atoms with Crippen molar-refractivity contribution >= 4 is 11.9 Å². The van der Waals surface area contributed by atoms with Gasteiger partial charge in [0.2, 0.25) is 5.91 Å². The Bertz CT molecular complexity index is 649. The van der Waals surface area contributed by atoms with Gasteiger partial charge >= 0.3 is 5.97 Å². The average molecular weight is 331 g/mol. The molecule has 0 aliphatic carbocycles. The highest BCUT2D eigenvalue weighted by Crippen LogP contribution is 2.11. The Kier molecular flexibility index (Phi) is 6.57. The fourth-order valence-corrected chi connectivity index (χ4v) is 2.31. The highest BCUT2D eigenvalue weighted by atomic mass is 16.5. The van der Waals surface area contributed by atoms with Crippen LogP contribution in [0.2, 0.25) is 0 Å². The molecule has 0 spiro atoms. The number of hydrogen-bond donors (Lipinski definition) is 1. The van der Waals surface area contributed by atoms with Gasteiger partial charge in [-0.05, 0) is 36.2 Å². The first-order valence-corrected chi connectivity index (χ1v) is 7.71. The second kappa shape index (κ2) is 8.88. The van der Waals surface area contributed by atoms with Crippen molar-refractivity contribution in [3.8, 4) is 0 Å². The van der Waals surface area contributed by atoms with Gasteiger partial charge in [-0.3, -0.25) is 4.79 Å². The fraction of sp³-hybridized carbons (Fsp3) is 0.333. The van der Waals surface area contributed by atoms with Gasteiger partial charge in [0.25, 0.3) is 0 Å². The Morgan fingerprint density at radius 2 is 1.96 bits per heavy atom. The standard InChI is InChI=1S/C18H21NO5/c1-23-12-10-19(13-16-3-2-11-24-16)17(20)9-6-14-4-7-15(8-5-14)18(21)22/h2-5,7-8,11H,6,9-10,12-13H2,1H3,(H,21,22). The zero-order valence-corrected chi connectivity index (χ0v) is 13.6. The van der Waals surface area contributed by atoms with Gasteiger partial charge in [-0.1, -0.05) is 12.1 Å². The number of aromatic carboxylic acids is 1. The maximum absolute atomic E-state index is 12.5. The van der Waals surface area contributed by atoms with E-state index in [0.717, 1.165) is 11.3 Å². The minimum atomic E-state index is -0.957. The molecule has 1 amide bonds. The first-order valence-electron chi connectivity index (χ1n) is 7.71. The number of ether oxygens (including phenoxy) is 1. The molecule has 128 valence electrons. The molecule has 6 heteroatoms. The summed E-state index contributed by atoms with van der Waals surface area (Å²) in [4.78, 5) is 25.0. The maximum Gasteiger partial charge on any atom is 0.335 e. The fourth-order valence-electron chi connectivity index (χ4n) is 2.31. The normalized spacial score (nSPS) is 10.5. The highest BCUT2D eigenvalue weighted by Gasteiger charge is 2.15. The van der Waals surface area contributed by atoms with Gasteiger partial charge in [0, 0.05) is 20.1 Å². The van der Waals surface area contributed by atoms with Crippen molar-refractivity contribution in [2.75, 3.05) is 20.3 Å². The lowest BCUT2D eigenvalue weighted by atomic mass is 10.1. The zero-order valence-electron chi connectivity index (χ0n) is 13.6. The minimum Gasteiger partial charge on any atom is -0.478 e. The number of methoxy groups -OCH3 is 1. The second-order valence-electron chi connectivity index (χ2n) is 5.39. The summed E-state index contributed by atoms with van der Waals surface area (Å²) in [5.41, 5.74) is 1.17. The van der Waals surface area contributed by atoms with Gasteiger partial charge in [-0.2, -0.15) is 0 Å². The van der Waals surface area contributed by atoms with E-state index in [1.807, 2.05) is 6.07 Å². The smallest absolute Gasteiger partial charge is 0.335 e. The number of rotatable bonds is 9. The van der Waals surface area contributed by atoms with Gasteiger partial charge in [-0.15, -0.1) is 0 Å². The number of carbonyl (C=O) groups is 2. The van der Waals surface area contributed by atoms with Crippen LogP contribution in [-0.4, -0.2) is 42.1 Å². The minimum absolute atomic E-state index is 0.00533. The zero-order chi connectivity index (χ0) is 17.4. The van der Waals surface area contributed by atoms with Gasteiger partial charge in [0.1, 0.15) is 5.76 Å². The van der Waals surface area contributed by atoms with Crippen LogP contribution in [0, 0.1) is 0 Å². The molecular formula is C18H21NO5. The van der Waals surface area contributed by atoms with E-state index in [9.17, 15) is 9.59 Å². The van der Waals surface area contributed by atoms with E-state index in [2.05, 4.69) is 0 Å². The van der Waals surface area contributed by atoms with Crippen LogP contribution in [0.5, 0.6) is 0 Å². The topological polar surface area (TPSA) is 80.0 Å². The number of hydrogen-bond acceptors (Lipinski definition) is 4. The molecule has 0 saturated heterocycles. The number of aryl methyl sites for hydroxylation is 1. The second-order valence-corrected chi connectivity index (χ2v) is 5.39. The summed E-state index contributed by atoms with van der Waals surface area (Å²) in [6, 6.07) is 10.2. The Morgan fingerprint density at radius 1 is 1.21 bits per heavy atom. The lowest BCUT2D eigenvalue weighted by molar-refractivity contribution is -0.132. The van der Waals surface area contributed by atoms with Crippen LogP contribution in [0.15, 0.2) is 47.1 Å². The Labute approximate surface area is 140 Å². The van der Waals surface area contributed by atoms with Crippen LogP contribution in [-0.2, 0) is 22.5 Å². The van der Waals surface area contributed by atoms with E-state index < -0.39 is 5.97 Å². The van der Waals surface area contributed by atoms with Crippen molar-refractivity contribution in [1.82, 2.24) is 4.90 Å². The SMILES string of the molecule is COCCN(Cc1ccco1)C(=O)CCc1ccc(C(=O)O)cc1. The maximum atomic E-state index is 12.5. The monoisotopic (exact) mass is 331 g/mol. The van der Waals surface area contributed by atoms with E-state index in [4.69, 9.17) is 14.3 Å². The third-order valence-corrected chi connectivity index (χ3v) is 3.67. The predicted molar refractivity (Wildman–Crippen MR) is 87.7 cm³/mol. The number of amides is 1. The van der Waals surface area contributed by atoms with Crippen LogP contribution in [0.25, 0.3) is 0 Å². The number of nitrogens with zero attached hydrogens (tertiary/aromatic N) is 1. The van der Waals surface area contributed by atoms with Crippen molar-refractivity contribution in [3.63, 3.8) is 0 Å². The number of carboxylic acid groups (broad SMARTS) is 1. The van der Waals surface area contributed by atoms with E-state index >= 15 is 0 Å². The number of benzene rings is 1. The first kappa shape index (κ1) is 17.7. The van der Waals surface area contributed by atoms with Crippen LogP contribution in [0.3, 0.4) is 0 Å². The molecule has 1 aromatic carbocycles. The van der Waals surface area contributed by atoms with Gasteiger partial charge in [0.15, 0.2) is 0 Å². The van der Waals surface area contributed by atoms with Crippen molar-refractivity contribution in [3.05, 3.63) is 59.5 Å². The largest absolute Gasteiger partial charge is 0.478 e. The van der Waals surface area contributed by atoms with Crippen LogP contribution >= 0.6 is 0 Å². The lowest BCUT2D eigenvalue weighted by Crippen LogP contribution is -2.33. The predicted octanol–water partition coefficient (Wildman–Crippen LogP) is 2.59. The molecule has 2 aromatic rings. The third-order valence-electron chi connectivity index (χ3n) is 3.67. The van der Waals surface area contributed by atoms with Crippen molar-refractivity contribution in [2.45, 2.75) is 19.4 Å². The summed E-state index contributed by atoms with van der Waals surface area (Å²) in [5, 5.41) is 8.89. The summed E-state index contributed by atoms with van der Waals surface area (Å²) in [5.74, 6) is -0.224. The van der Waals surface area contributed by atoms with E-state index in [1.165, 1.54) is 0 Å². The summed E-state index contributed by atoms with van der Waals surface area (Å²) in [7, 11) is 1.60. The molecule has 0 aliphatic heterocycles. The summed E-state index contributed by atoms with van der Waals surface area (Å²) < 4.78 is 10.4. The molecule has 0 fully saturated rings. The molecule has 1 N–H and O–H groups in total. The van der Waals surface area contributed by atoms with Crippen molar-refractivity contribution < 1.29 is 23.8 Å². The Morgan fingerprint density at radius 3 is 2.54 bits per heavy atom. The number of carboxylic acids is 1. The quantitative estimate of drug-likeness (QED) is 0.764. The van der Waals surface area contributed by atoms with Crippen LogP contribution in [0.4, 0.5) is 0 Å². The third kappa shape index (κ3) is 5.24. The van der Waals surface area contributed by atoms with Crippen molar-refractivity contribution in [1.29, 1.82) is 0 Å². The van der Waals surface area contributed by atoms with E-state index in [1.54, 1.807) is 48.6 Å². The van der Waals surface area contributed by atoms with E-state index in [-0.39, 0.29) is 11.5 Å². The molecule has 24 heavy (non-hydrogen) atoms. The average Bonchev–Trinajstić information content (AvgIpc) is 3.10. The van der Waals surface area contributed by atoms with Gasteiger partial charge < -0.3 is 19.2 Å². The van der Waals surface area contributed by atoms with Gasteiger partial charge in [0.05, 0.1) is 25.0 Å². The van der Waals surface area contributed by atoms with Gasteiger partial charge in [-0.25, -0.2) is 4.79 Å². The highest BCUT2D eigenvalue weighted by molar-refractivity contribution is 5.87. The Balaban J connectivity index is 1.92. The number of furan rings is 1. The molecule has 0 atom stereocenters. The molecule has 1 aromatic heterocycles. The van der Waals surface area contributed by atoms with Crippen molar-refractivity contribution in [2.24, 2.45) is 0 Å². The molecule has 0 bridgehead atoms. The first-order chi connectivity index (χ1) is 11.6. The number of carbonyl (C=O) groups excluding carboxylic acids is 1. The molecule has 0 saturated carbocycles. The summed E-state index contributed by atoms with van der Waals surface area (Å²) >= 11 is 0. The molecular weight excluding hydrogens is 310 g/mol.